The van der Waals surface area contributed by atoms with Gasteiger partial charge in [-0.05, 0) is 37.3 Å². The zero-order valence-corrected chi connectivity index (χ0v) is 16.8. The average molecular weight is 400 g/mol. The number of ketones is 1. The third-order valence-electron chi connectivity index (χ3n) is 4.99. The normalized spacial score (nSPS) is 16.0. The van der Waals surface area contributed by atoms with E-state index in [1.165, 1.54) is 24.2 Å². The standard InChI is InChI=1S/C22H25NO4S/c1-15(21(25)23-16-9-4-2-3-5-10-16)27-22(26)18-12-7-6-11-17(18)20(24)19-13-8-14-28-19/h6-8,11-16H,2-5,9-10H2,1H3,(H,23,25)/t15-/m0/s1. The predicted molar refractivity (Wildman–Crippen MR) is 109 cm³/mol. The van der Waals surface area contributed by atoms with E-state index in [-0.39, 0.29) is 28.9 Å². The quantitative estimate of drug-likeness (QED) is 0.445. The molecule has 1 atom stereocenters. The number of ether oxygens (including phenoxy) is 1. The molecule has 6 heteroatoms. The molecule has 148 valence electrons. The first-order chi connectivity index (χ1) is 13.6. The number of esters is 1. The maximum absolute atomic E-state index is 12.7. The molecule has 1 aliphatic carbocycles. The lowest BCUT2D eigenvalue weighted by atomic mass is 10.0. The lowest BCUT2D eigenvalue weighted by Gasteiger charge is -2.20. The van der Waals surface area contributed by atoms with Crippen molar-refractivity contribution in [2.45, 2.75) is 57.6 Å². The Kier molecular flexibility index (Phi) is 6.98. The summed E-state index contributed by atoms with van der Waals surface area (Å²) < 4.78 is 5.38. The van der Waals surface area contributed by atoms with Gasteiger partial charge in [-0.25, -0.2) is 4.79 Å². The van der Waals surface area contributed by atoms with Crippen LogP contribution in [0.2, 0.25) is 0 Å². The molecule has 3 rings (SSSR count). The van der Waals surface area contributed by atoms with Gasteiger partial charge in [-0.3, -0.25) is 9.59 Å². The van der Waals surface area contributed by atoms with Crippen molar-refractivity contribution in [2.75, 3.05) is 0 Å². The molecule has 0 saturated heterocycles. The molecular formula is C22H25NO4S. The van der Waals surface area contributed by atoms with Gasteiger partial charge in [0.05, 0.1) is 10.4 Å². The lowest BCUT2D eigenvalue weighted by molar-refractivity contribution is -0.129. The van der Waals surface area contributed by atoms with Crippen LogP contribution in [-0.4, -0.2) is 29.8 Å². The second-order valence-electron chi connectivity index (χ2n) is 7.10. The Balaban J connectivity index is 1.65. The van der Waals surface area contributed by atoms with Gasteiger partial charge in [-0.15, -0.1) is 11.3 Å². The van der Waals surface area contributed by atoms with Gasteiger partial charge in [0.15, 0.2) is 6.10 Å². The van der Waals surface area contributed by atoms with Crippen molar-refractivity contribution in [3.63, 3.8) is 0 Å². The Morgan fingerprint density at radius 1 is 1.00 bits per heavy atom. The fourth-order valence-electron chi connectivity index (χ4n) is 3.42. The van der Waals surface area contributed by atoms with Gasteiger partial charge in [0.1, 0.15) is 0 Å². The molecule has 1 N–H and O–H groups in total. The van der Waals surface area contributed by atoms with Crippen molar-refractivity contribution in [1.82, 2.24) is 5.32 Å². The highest BCUT2D eigenvalue weighted by Gasteiger charge is 2.25. The molecule has 1 aromatic heterocycles. The molecule has 28 heavy (non-hydrogen) atoms. The van der Waals surface area contributed by atoms with Gasteiger partial charge in [0.2, 0.25) is 5.78 Å². The smallest absolute Gasteiger partial charge is 0.339 e. The zero-order valence-electron chi connectivity index (χ0n) is 16.0. The van der Waals surface area contributed by atoms with Crippen LogP contribution in [0.4, 0.5) is 0 Å². The molecule has 1 fully saturated rings. The van der Waals surface area contributed by atoms with E-state index < -0.39 is 12.1 Å². The van der Waals surface area contributed by atoms with E-state index in [2.05, 4.69) is 5.32 Å². The van der Waals surface area contributed by atoms with Gasteiger partial charge < -0.3 is 10.1 Å². The Morgan fingerprint density at radius 3 is 2.32 bits per heavy atom. The highest BCUT2D eigenvalue weighted by atomic mass is 32.1. The van der Waals surface area contributed by atoms with Crippen molar-refractivity contribution in [1.29, 1.82) is 0 Å². The summed E-state index contributed by atoms with van der Waals surface area (Å²) >= 11 is 1.32. The summed E-state index contributed by atoms with van der Waals surface area (Å²) in [5.41, 5.74) is 0.460. The summed E-state index contributed by atoms with van der Waals surface area (Å²) in [6.45, 7) is 1.56. The molecule has 1 aliphatic rings. The molecule has 0 radical (unpaired) electrons. The van der Waals surface area contributed by atoms with Crippen molar-refractivity contribution in [3.05, 3.63) is 57.8 Å². The van der Waals surface area contributed by atoms with Crippen molar-refractivity contribution >= 4 is 29.0 Å². The number of carbonyl (C=O) groups excluding carboxylic acids is 3. The van der Waals surface area contributed by atoms with Crippen LogP contribution in [0.25, 0.3) is 0 Å². The summed E-state index contributed by atoms with van der Waals surface area (Å²) in [4.78, 5) is 38.3. The van der Waals surface area contributed by atoms with E-state index >= 15 is 0 Å². The molecule has 0 unspecified atom stereocenters. The van der Waals surface area contributed by atoms with Crippen LogP contribution in [-0.2, 0) is 9.53 Å². The number of thiophene rings is 1. The summed E-state index contributed by atoms with van der Waals surface area (Å²) in [7, 11) is 0. The summed E-state index contributed by atoms with van der Waals surface area (Å²) in [6, 6.07) is 10.2. The number of benzene rings is 1. The van der Waals surface area contributed by atoms with Crippen LogP contribution in [0, 0.1) is 0 Å². The maximum atomic E-state index is 12.7. The summed E-state index contributed by atoms with van der Waals surface area (Å²) in [6.07, 6.45) is 5.63. The van der Waals surface area contributed by atoms with E-state index in [1.54, 1.807) is 43.3 Å². The minimum absolute atomic E-state index is 0.142. The third-order valence-corrected chi connectivity index (χ3v) is 5.86. The Morgan fingerprint density at radius 2 is 1.68 bits per heavy atom. The van der Waals surface area contributed by atoms with Crippen molar-refractivity contribution in [3.8, 4) is 0 Å². The van der Waals surface area contributed by atoms with Crippen LogP contribution in [0.1, 0.15) is 71.0 Å². The fraction of sp³-hybridized carbons (Fsp3) is 0.409. The zero-order chi connectivity index (χ0) is 19.9. The summed E-state index contributed by atoms with van der Waals surface area (Å²) in [5, 5.41) is 4.81. The first kappa shape index (κ1) is 20.3. The molecular weight excluding hydrogens is 374 g/mol. The minimum atomic E-state index is -0.916. The van der Waals surface area contributed by atoms with Crippen LogP contribution in [0.15, 0.2) is 41.8 Å². The number of rotatable bonds is 6. The van der Waals surface area contributed by atoms with E-state index in [0.717, 1.165) is 25.7 Å². The Bertz CT molecular complexity index is 823. The van der Waals surface area contributed by atoms with E-state index in [9.17, 15) is 14.4 Å². The van der Waals surface area contributed by atoms with Gasteiger partial charge in [-0.1, -0.05) is 49.9 Å². The van der Waals surface area contributed by atoms with E-state index in [0.29, 0.717) is 4.88 Å². The number of nitrogens with one attached hydrogen (secondary N) is 1. The third kappa shape index (κ3) is 5.07. The number of hydrogen-bond donors (Lipinski definition) is 1. The number of amides is 1. The SMILES string of the molecule is C[C@H](OC(=O)c1ccccc1C(=O)c1cccs1)C(=O)NC1CCCCCC1. The van der Waals surface area contributed by atoms with E-state index in [1.807, 2.05) is 5.38 Å². The van der Waals surface area contributed by atoms with E-state index in [4.69, 9.17) is 4.74 Å². The second-order valence-corrected chi connectivity index (χ2v) is 8.04. The highest BCUT2D eigenvalue weighted by Crippen LogP contribution is 2.20. The minimum Gasteiger partial charge on any atom is -0.449 e. The highest BCUT2D eigenvalue weighted by molar-refractivity contribution is 7.12. The molecule has 1 heterocycles. The fourth-order valence-corrected chi connectivity index (χ4v) is 4.10. The van der Waals surface area contributed by atoms with Crippen molar-refractivity contribution < 1.29 is 19.1 Å². The van der Waals surface area contributed by atoms with Crippen LogP contribution >= 0.6 is 11.3 Å². The molecule has 1 aromatic carbocycles. The molecule has 0 aliphatic heterocycles. The van der Waals surface area contributed by atoms with Crippen LogP contribution in [0.3, 0.4) is 0 Å². The Labute approximate surface area is 169 Å². The number of carbonyl (C=O) groups is 3. The largest absolute Gasteiger partial charge is 0.449 e. The Hall–Kier alpha value is -2.47. The topological polar surface area (TPSA) is 72.5 Å². The molecule has 2 aromatic rings. The van der Waals surface area contributed by atoms with Crippen LogP contribution in [0.5, 0.6) is 0 Å². The first-order valence-electron chi connectivity index (χ1n) is 9.75. The molecule has 0 spiro atoms. The molecule has 1 amide bonds. The maximum Gasteiger partial charge on any atom is 0.339 e. The monoisotopic (exact) mass is 399 g/mol. The van der Waals surface area contributed by atoms with Crippen LogP contribution < -0.4 is 5.32 Å². The van der Waals surface area contributed by atoms with Gasteiger partial charge >= 0.3 is 5.97 Å². The average Bonchev–Trinajstić information content (AvgIpc) is 3.12. The predicted octanol–water partition coefficient (Wildman–Crippen LogP) is 4.36. The van der Waals surface area contributed by atoms with Gasteiger partial charge in [-0.2, -0.15) is 0 Å². The number of hydrogen-bond acceptors (Lipinski definition) is 5. The van der Waals surface area contributed by atoms with Gasteiger partial charge in [0, 0.05) is 11.6 Å². The molecule has 0 bridgehead atoms. The van der Waals surface area contributed by atoms with Gasteiger partial charge in [0.25, 0.3) is 5.91 Å². The molecule has 5 nitrogen and oxygen atoms in total. The second kappa shape index (κ2) is 9.64. The lowest BCUT2D eigenvalue weighted by Crippen LogP contribution is -2.42. The first-order valence-corrected chi connectivity index (χ1v) is 10.6. The molecule has 1 saturated carbocycles. The van der Waals surface area contributed by atoms with Crippen molar-refractivity contribution in [2.24, 2.45) is 0 Å². The summed E-state index contributed by atoms with van der Waals surface area (Å²) in [5.74, 6) is -1.18.